The van der Waals surface area contributed by atoms with Crippen LogP contribution in [-0.2, 0) is 12.8 Å². The van der Waals surface area contributed by atoms with Crippen LogP contribution >= 0.6 is 22.7 Å². The molecule has 1 N–H and O–H groups in total. The fourth-order valence-corrected chi connectivity index (χ4v) is 2.95. The van der Waals surface area contributed by atoms with E-state index in [9.17, 15) is 0 Å². The molecule has 3 nitrogen and oxygen atoms in total. The SMILES string of the molecule is CCNCCc1nnc(Cc2ccsc2)s1. The maximum atomic E-state index is 4.22. The van der Waals surface area contributed by atoms with Crippen molar-refractivity contribution in [3.05, 3.63) is 32.4 Å². The van der Waals surface area contributed by atoms with E-state index in [1.54, 1.807) is 22.7 Å². The lowest BCUT2D eigenvalue weighted by Gasteiger charge is -1.95. The molecule has 2 heterocycles. The van der Waals surface area contributed by atoms with Gasteiger partial charge in [0.2, 0.25) is 0 Å². The molecule has 0 saturated heterocycles. The lowest BCUT2D eigenvalue weighted by Crippen LogP contribution is -2.15. The second-order valence-electron chi connectivity index (χ2n) is 3.50. The Bertz CT molecular complexity index is 409. The molecule has 0 amide bonds. The Morgan fingerprint density at radius 3 is 2.94 bits per heavy atom. The van der Waals surface area contributed by atoms with Gasteiger partial charge in [0.1, 0.15) is 10.0 Å². The van der Waals surface area contributed by atoms with E-state index in [2.05, 4.69) is 39.3 Å². The normalized spacial score (nSPS) is 10.8. The van der Waals surface area contributed by atoms with Gasteiger partial charge in [0.15, 0.2) is 0 Å². The molecule has 2 aromatic rings. The van der Waals surface area contributed by atoms with Crippen LogP contribution in [0.15, 0.2) is 16.8 Å². The highest BCUT2D eigenvalue weighted by atomic mass is 32.1. The molecule has 0 bridgehead atoms. The Balaban J connectivity index is 1.87. The highest BCUT2D eigenvalue weighted by Crippen LogP contribution is 2.16. The summed E-state index contributed by atoms with van der Waals surface area (Å²) in [6, 6.07) is 2.14. The number of aromatic nitrogens is 2. The molecule has 5 heteroatoms. The predicted molar refractivity (Wildman–Crippen MR) is 69.3 cm³/mol. The third kappa shape index (κ3) is 3.37. The van der Waals surface area contributed by atoms with Gasteiger partial charge < -0.3 is 5.32 Å². The Morgan fingerprint density at radius 1 is 1.31 bits per heavy atom. The first kappa shape index (κ1) is 11.7. The zero-order chi connectivity index (χ0) is 11.2. The van der Waals surface area contributed by atoms with E-state index in [1.165, 1.54) is 5.56 Å². The summed E-state index contributed by atoms with van der Waals surface area (Å²) in [7, 11) is 0. The van der Waals surface area contributed by atoms with Crippen molar-refractivity contribution >= 4 is 22.7 Å². The van der Waals surface area contributed by atoms with Gasteiger partial charge in [0, 0.05) is 19.4 Å². The molecule has 0 saturated carbocycles. The second-order valence-corrected chi connectivity index (χ2v) is 5.43. The van der Waals surface area contributed by atoms with Gasteiger partial charge in [-0.3, -0.25) is 0 Å². The van der Waals surface area contributed by atoms with Crippen molar-refractivity contribution in [2.45, 2.75) is 19.8 Å². The van der Waals surface area contributed by atoms with Crippen LogP contribution in [0.5, 0.6) is 0 Å². The minimum Gasteiger partial charge on any atom is -0.317 e. The molecule has 2 aromatic heterocycles. The quantitative estimate of drug-likeness (QED) is 0.803. The first-order chi connectivity index (χ1) is 7.88. The molecular formula is C11H15N3S2. The van der Waals surface area contributed by atoms with Crippen molar-refractivity contribution in [1.82, 2.24) is 15.5 Å². The van der Waals surface area contributed by atoms with Gasteiger partial charge in [-0.15, -0.1) is 21.5 Å². The summed E-state index contributed by atoms with van der Waals surface area (Å²) < 4.78 is 0. The third-order valence-corrected chi connectivity index (χ3v) is 3.92. The zero-order valence-corrected chi connectivity index (χ0v) is 10.9. The number of hydrogen-bond donors (Lipinski definition) is 1. The highest BCUT2D eigenvalue weighted by Gasteiger charge is 2.04. The highest BCUT2D eigenvalue weighted by molar-refractivity contribution is 7.11. The summed E-state index contributed by atoms with van der Waals surface area (Å²) in [5, 5.41) is 18.2. The molecule has 0 atom stereocenters. The van der Waals surface area contributed by atoms with Crippen LogP contribution in [0.25, 0.3) is 0 Å². The first-order valence-electron chi connectivity index (χ1n) is 5.41. The molecule has 0 aliphatic rings. The van der Waals surface area contributed by atoms with E-state index in [4.69, 9.17) is 0 Å². The number of hydrogen-bond acceptors (Lipinski definition) is 5. The summed E-state index contributed by atoms with van der Waals surface area (Å²) in [6.07, 6.45) is 1.90. The number of nitrogens with zero attached hydrogens (tertiary/aromatic N) is 2. The van der Waals surface area contributed by atoms with Crippen molar-refractivity contribution in [1.29, 1.82) is 0 Å². The Kier molecular flexibility index (Phi) is 4.44. The maximum absolute atomic E-state index is 4.22. The molecule has 0 aromatic carbocycles. The molecule has 0 aliphatic carbocycles. The molecule has 0 spiro atoms. The van der Waals surface area contributed by atoms with Crippen LogP contribution in [0.2, 0.25) is 0 Å². The van der Waals surface area contributed by atoms with Gasteiger partial charge in [-0.05, 0) is 28.9 Å². The summed E-state index contributed by atoms with van der Waals surface area (Å²) >= 11 is 3.45. The zero-order valence-electron chi connectivity index (χ0n) is 9.27. The van der Waals surface area contributed by atoms with Crippen LogP contribution in [0.1, 0.15) is 22.5 Å². The minimum atomic E-state index is 0.919. The average molecular weight is 253 g/mol. The lowest BCUT2D eigenvalue weighted by atomic mass is 10.3. The Hall–Kier alpha value is -0.780. The molecule has 0 radical (unpaired) electrons. The fourth-order valence-electron chi connectivity index (χ4n) is 1.40. The van der Waals surface area contributed by atoms with Crippen molar-refractivity contribution in [2.75, 3.05) is 13.1 Å². The fraction of sp³-hybridized carbons (Fsp3) is 0.455. The summed E-state index contributed by atoms with van der Waals surface area (Å²) in [4.78, 5) is 0. The summed E-state index contributed by atoms with van der Waals surface area (Å²) in [5.74, 6) is 0. The number of likely N-dealkylation sites (N-methyl/N-ethyl adjacent to an activating group) is 1. The topological polar surface area (TPSA) is 37.8 Å². The molecule has 2 rings (SSSR count). The maximum Gasteiger partial charge on any atom is 0.121 e. The Morgan fingerprint density at radius 2 is 2.19 bits per heavy atom. The van der Waals surface area contributed by atoms with Crippen LogP contribution in [0.4, 0.5) is 0 Å². The number of nitrogens with one attached hydrogen (secondary N) is 1. The van der Waals surface area contributed by atoms with Crippen LogP contribution in [-0.4, -0.2) is 23.3 Å². The van der Waals surface area contributed by atoms with E-state index in [1.807, 2.05) is 0 Å². The number of rotatable bonds is 6. The van der Waals surface area contributed by atoms with Gasteiger partial charge in [-0.2, -0.15) is 11.3 Å². The summed E-state index contributed by atoms with van der Waals surface area (Å²) in [6.45, 7) is 4.12. The van der Waals surface area contributed by atoms with Crippen molar-refractivity contribution < 1.29 is 0 Å². The van der Waals surface area contributed by atoms with Crippen molar-refractivity contribution in [3.63, 3.8) is 0 Å². The third-order valence-electron chi connectivity index (χ3n) is 2.21. The van der Waals surface area contributed by atoms with Crippen molar-refractivity contribution in [3.8, 4) is 0 Å². The van der Waals surface area contributed by atoms with Crippen LogP contribution < -0.4 is 5.32 Å². The lowest BCUT2D eigenvalue weighted by molar-refractivity contribution is 0.710. The van der Waals surface area contributed by atoms with Crippen LogP contribution in [0.3, 0.4) is 0 Å². The second kappa shape index (κ2) is 6.08. The first-order valence-corrected chi connectivity index (χ1v) is 7.17. The standard InChI is InChI=1S/C11H15N3S2/c1-2-12-5-3-10-13-14-11(16-10)7-9-4-6-15-8-9/h4,6,8,12H,2-3,5,7H2,1H3. The molecular weight excluding hydrogens is 238 g/mol. The molecule has 0 unspecified atom stereocenters. The Labute approximate surface area is 104 Å². The molecule has 0 aliphatic heterocycles. The van der Waals surface area contributed by atoms with E-state index >= 15 is 0 Å². The van der Waals surface area contributed by atoms with Crippen molar-refractivity contribution in [2.24, 2.45) is 0 Å². The van der Waals surface area contributed by atoms with E-state index < -0.39 is 0 Å². The van der Waals surface area contributed by atoms with Gasteiger partial charge in [-0.1, -0.05) is 6.92 Å². The smallest absolute Gasteiger partial charge is 0.121 e. The number of thiophene rings is 1. The van der Waals surface area contributed by atoms with E-state index in [0.717, 1.165) is 35.9 Å². The van der Waals surface area contributed by atoms with Gasteiger partial charge >= 0.3 is 0 Å². The molecule has 0 fully saturated rings. The largest absolute Gasteiger partial charge is 0.317 e. The van der Waals surface area contributed by atoms with E-state index in [-0.39, 0.29) is 0 Å². The van der Waals surface area contributed by atoms with Gasteiger partial charge in [0.05, 0.1) is 0 Å². The van der Waals surface area contributed by atoms with Gasteiger partial charge in [-0.25, -0.2) is 0 Å². The molecule has 16 heavy (non-hydrogen) atoms. The van der Waals surface area contributed by atoms with E-state index in [0.29, 0.717) is 0 Å². The monoisotopic (exact) mass is 253 g/mol. The molecule has 86 valence electrons. The minimum absolute atomic E-state index is 0.919. The predicted octanol–water partition coefficient (Wildman–Crippen LogP) is 2.34. The van der Waals surface area contributed by atoms with Gasteiger partial charge in [0.25, 0.3) is 0 Å². The summed E-state index contributed by atoms with van der Waals surface area (Å²) in [5.41, 5.74) is 1.33. The average Bonchev–Trinajstić information content (AvgIpc) is 2.91. The van der Waals surface area contributed by atoms with Crippen LogP contribution in [0, 0.1) is 0 Å².